The van der Waals surface area contributed by atoms with E-state index in [-0.39, 0.29) is 16.7 Å². The number of nitrogens with two attached hydrogens (primary N) is 1. The molecule has 0 saturated heterocycles. The number of fused-ring (bicyclic) bond motifs is 1. The summed E-state index contributed by atoms with van der Waals surface area (Å²) in [5.41, 5.74) is 7.47. The Morgan fingerprint density at radius 1 is 1.11 bits per heavy atom. The minimum Gasteiger partial charge on any atom is -0.364 e. The molecule has 0 radical (unpaired) electrons. The second-order valence-corrected chi connectivity index (χ2v) is 7.15. The molecule has 0 aliphatic carbocycles. The van der Waals surface area contributed by atoms with E-state index in [0.29, 0.717) is 17.7 Å². The van der Waals surface area contributed by atoms with Gasteiger partial charge in [0, 0.05) is 17.5 Å². The highest BCUT2D eigenvalue weighted by atomic mass is 32.1. The number of carbonyl (C=O) groups is 3. The average Bonchev–Trinajstić information content (AvgIpc) is 3.29. The first kappa shape index (κ1) is 17.9. The Morgan fingerprint density at radius 2 is 1.82 bits per heavy atom. The van der Waals surface area contributed by atoms with Crippen LogP contribution in [0.4, 0.5) is 5.13 Å². The highest BCUT2D eigenvalue weighted by molar-refractivity contribution is 7.14. The predicted molar refractivity (Wildman–Crippen MR) is 105 cm³/mol. The molecule has 8 heteroatoms. The van der Waals surface area contributed by atoms with Gasteiger partial charge in [-0.1, -0.05) is 48.5 Å². The molecule has 1 aromatic heterocycles. The summed E-state index contributed by atoms with van der Waals surface area (Å²) in [5, 5.41) is 4.44. The summed E-state index contributed by atoms with van der Waals surface area (Å²) in [7, 11) is 0. The van der Waals surface area contributed by atoms with Crippen molar-refractivity contribution in [1.82, 2.24) is 9.88 Å². The van der Waals surface area contributed by atoms with Crippen molar-refractivity contribution >= 4 is 34.2 Å². The van der Waals surface area contributed by atoms with Gasteiger partial charge in [-0.25, -0.2) is 4.98 Å². The number of carbonyl (C=O) groups excluding carboxylic acids is 3. The highest BCUT2D eigenvalue weighted by Gasteiger charge is 2.37. The number of benzene rings is 2. The first-order valence-electron chi connectivity index (χ1n) is 8.54. The zero-order valence-electron chi connectivity index (χ0n) is 14.7. The number of amides is 3. The molecule has 2 heterocycles. The number of rotatable bonds is 5. The second-order valence-electron chi connectivity index (χ2n) is 6.29. The van der Waals surface area contributed by atoms with Crippen LogP contribution in [0, 0.1) is 0 Å². The Hall–Kier alpha value is -3.52. The van der Waals surface area contributed by atoms with Crippen molar-refractivity contribution in [2.24, 2.45) is 5.73 Å². The van der Waals surface area contributed by atoms with E-state index in [1.165, 1.54) is 10.3 Å². The van der Waals surface area contributed by atoms with Gasteiger partial charge in [0.05, 0.1) is 0 Å². The molecule has 3 N–H and O–H groups in total. The molecule has 3 aromatic rings. The molecule has 7 nitrogen and oxygen atoms in total. The molecule has 0 saturated carbocycles. The molecule has 2 aromatic carbocycles. The summed E-state index contributed by atoms with van der Waals surface area (Å²) in [6.45, 7) is 0.340. The summed E-state index contributed by atoms with van der Waals surface area (Å²) < 4.78 is 0. The number of primary amides is 1. The lowest BCUT2D eigenvalue weighted by atomic mass is 10.0. The zero-order valence-corrected chi connectivity index (χ0v) is 15.5. The number of anilines is 1. The summed E-state index contributed by atoms with van der Waals surface area (Å²) in [6, 6.07) is 15.6. The van der Waals surface area contributed by atoms with E-state index in [2.05, 4.69) is 10.3 Å². The lowest BCUT2D eigenvalue weighted by Crippen LogP contribution is -2.37. The molecule has 140 valence electrons. The zero-order chi connectivity index (χ0) is 19.7. The Morgan fingerprint density at radius 3 is 2.50 bits per heavy atom. The second kappa shape index (κ2) is 7.24. The molecule has 1 aliphatic rings. The number of thiazole rings is 1. The van der Waals surface area contributed by atoms with E-state index in [0.717, 1.165) is 16.9 Å². The predicted octanol–water partition coefficient (Wildman–Crippen LogP) is 2.58. The molecule has 3 amide bonds. The number of hydrogen-bond donors (Lipinski definition) is 2. The van der Waals surface area contributed by atoms with Gasteiger partial charge in [0.2, 0.25) is 0 Å². The van der Waals surface area contributed by atoms with Crippen molar-refractivity contribution in [1.29, 1.82) is 0 Å². The van der Waals surface area contributed by atoms with Crippen molar-refractivity contribution < 1.29 is 14.4 Å². The molecular formula is C20H16N4O3S. The van der Waals surface area contributed by atoms with Crippen molar-refractivity contribution in [2.75, 3.05) is 5.32 Å². The summed E-state index contributed by atoms with van der Waals surface area (Å²) >= 11 is 1.10. The maximum Gasteiger partial charge on any atom is 0.268 e. The molecule has 4 rings (SSSR count). The fourth-order valence-electron chi connectivity index (χ4n) is 3.21. The third-order valence-corrected chi connectivity index (χ3v) is 5.27. The summed E-state index contributed by atoms with van der Waals surface area (Å²) in [4.78, 5) is 42.8. The van der Waals surface area contributed by atoms with E-state index < -0.39 is 17.9 Å². The largest absolute Gasteiger partial charge is 0.364 e. The molecule has 0 unspecified atom stereocenters. The molecule has 0 bridgehead atoms. The van der Waals surface area contributed by atoms with E-state index in [9.17, 15) is 14.4 Å². The number of aromatic nitrogens is 1. The van der Waals surface area contributed by atoms with Crippen LogP contribution < -0.4 is 11.1 Å². The lowest BCUT2D eigenvalue weighted by Gasteiger charge is -2.27. The van der Waals surface area contributed by atoms with Gasteiger partial charge < -0.3 is 10.6 Å². The van der Waals surface area contributed by atoms with Crippen LogP contribution in [0.15, 0.2) is 60.0 Å². The maximum atomic E-state index is 13.1. The Bertz CT molecular complexity index is 1060. The van der Waals surface area contributed by atoms with Crippen molar-refractivity contribution in [2.45, 2.75) is 12.6 Å². The van der Waals surface area contributed by atoms with Crippen LogP contribution in [0.25, 0.3) is 0 Å². The fraction of sp³-hybridized carbons (Fsp3) is 0.100. The molecule has 28 heavy (non-hydrogen) atoms. The molecule has 1 atom stereocenters. The first-order chi connectivity index (χ1) is 13.5. The molecule has 0 fully saturated rings. The van der Waals surface area contributed by atoms with Gasteiger partial charge in [0.25, 0.3) is 17.7 Å². The summed E-state index contributed by atoms with van der Waals surface area (Å²) in [5.74, 6) is -1.27. The lowest BCUT2D eigenvalue weighted by molar-refractivity contribution is -0.120. The Labute approximate surface area is 164 Å². The van der Waals surface area contributed by atoms with Gasteiger partial charge in [-0.15, -0.1) is 11.3 Å². The van der Waals surface area contributed by atoms with Crippen molar-refractivity contribution in [3.63, 3.8) is 0 Å². The minimum absolute atomic E-state index is 0.0845. The van der Waals surface area contributed by atoms with Gasteiger partial charge in [-0.3, -0.25) is 19.7 Å². The number of nitrogens with one attached hydrogen (secondary N) is 1. The van der Waals surface area contributed by atoms with E-state index in [1.54, 1.807) is 24.3 Å². The van der Waals surface area contributed by atoms with Gasteiger partial charge in [-0.05, 0) is 17.2 Å². The van der Waals surface area contributed by atoms with E-state index >= 15 is 0 Å². The number of hydrogen-bond acceptors (Lipinski definition) is 5. The third-order valence-electron chi connectivity index (χ3n) is 4.51. The monoisotopic (exact) mass is 392 g/mol. The van der Waals surface area contributed by atoms with Crippen LogP contribution in [0.2, 0.25) is 0 Å². The third kappa shape index (κ3) is 3.25. The minimum atomic E-state index is -0.831. The van der Waals surface area contributed by atoms with E-state index in [4.69, 9.17) is 5.73 Å². The van der Waals surface area contributed by atoms with Gasteiger partial charge >= 0.3 is 0 Å². The smallest absolute Gasteiger partial charge is 0.268 e. The quantitative estimate of drug-likeness (QED) is 0.696. The van der Waals surface area contributed by atoms with Crippen LogP contribution in [-0.2, 0) is 11.3 Å². The highest BCUT2D eigenvalue weighted by Crippen LogP contribution is 2.32. The molecular weight excluding hydrogens is 376 g/mol. The summed E-state index contributed by atoms with van der Waals surface area (Å²) in [6.07, 6.45) is 0. The molecule has 0 spiro atoms. The Kier molecular flexibility index (Phi) is 4.62. The normalized spacial score (nSPS) is 13.9. The van der Waals surface area contributed by atoms with Gasteiger partial charge in [-0.2, -0.15) is 0 Å². The average molecular weight is 392 g/mol. The molecule has 1 aliphatic heterocycles. The van der Waals surface area contributed by atoms with E-state index in [1.807, 2.05) is 30.3 Å². The van der Waals surface area contributed by atoms with Crippen molar-refractivity contribution in [3.05, 3.63) is 82.4 Å². The van der Waals surface area contributed by atoms with Gasteiger partial charge in [0.15, 0.2) is 5.13 Å². The van der Waals surface area contributed by atoms with Crippen LogP contribution >= 0.6 is 11.3 Å². The van der Waals surface area contributed by atoms with Crippen molar-refractivity contribution in [3.8, 4) is 0 Å². The SMILES string of the molecule is NC(=O)c1csc(NC(=O)[C@H](c2ccccc2)N2Cc3ccccc3C2=O)n1. The Balaban J connectivity index is 1.66. The number of nitrogens with zero attached hydrogens (tertiary/aromatic N) is 2. The fourth-order valence-corrected chi connectivity index (χ4v) is 3.91. The maximum absolute atomic E-state index is 13.1. The first-order valence-corrected chi connectivity index (χ1v) is 9.42. The van der Waals surface area contributed by atoms with Crippen LogP contribution in [0.5, 0.6) is 0 Å². The standard InChI is InChI=1S/C20H16N4O3S/c21-17(25)15-11-28-20(22-15)23-18(26)16(12-6-2-1-3-7-12)24-10-13-8-4-5-9-14(13)19(24)27/h1-9,11,16H,10H2,(H2,21,25)(H,22,23,26)/t16-/m0/s1. The van der Waals surface area contributed by atoms with Crippen LogP contribution in [0.3, 0.4) is 0 Å². The van der Waals surface area contributed by atoms with Crippen LogP contribution in [0.1, 0.15) is 38.0 Å². The topological polar surface area (TPSA) is 105 Å². The van der Waals surface area contributed by atoms with Crippen LogP contribution in [-0.4, -0.2) is 27.6 Å². The van der Waals surface area contributed by atoms with Gasteiger partial charge in [0.1, 0.15) is 11.7 Å².